The van der Waals surface area contributed by atoms with Crippen LogP contribution in [-0.4, -0.2) is 9.38 Å². The summed E-state index contributed by atoms with van der Waals surface area (Å²) in [5, 5.41) is 0. The van der Waals surface area contributed by atoms with Gasteiger partial charge in [0.25, 0.3) is 0 Å². The summed E-state index contributed by atoms with van der Waals surface area (Å²) in [7, 11) is 0. The van der Waals surface area contributed by atoms with Crippen molar-refractivity contribution in [3.63, 3.8) is 0 Å². The molecule has 3 nitrogen and oxygen atoms in total. The summed E-state index contributed by atoms with van der Waals surface area (Å²) in [4.78, 5) is 4.46. The second kappa shape index (κ2) is 4.53. The Kier molecular flexibility index (Phi) is 2.73. The van der Waals surface area contributed by atoms with Gasteiger partial charge >= 0.3 is 0 Å². The lowest BCUT2D eigenvalue weighted by molar-refractivity contribution is 0.908. The standard InChI is InChI=1S/C15H15N3/c16-15-9-8-14-13(17-10-11-18(14)15)7-6-12-4-2-1-3-5-12/h1-5,8-11H,6-7,16H2. The highest BCUT2D eigenvalue weighted by Gasteiger charge is 2.05. The number of benzene rings is 1. The Balaban J connectivity index is 1.87. The molecule has 0 aliphatic heterocycles. The van der Waals surface area contributed by atoms with E-state index in [-0.39, 0.29) is 0 Å². The summed E-state index contributed by atoms with van der Waals surface area (Å²) in [6.07, 6.45) is 5.64. The largest absolute Gasteiger partial charge is 0.385 e. The van der Waals surface area contributed by atoms with Crippen LogP contribution in [0.5, 0.6) is 0 Å². The third-order valence-electron chi connectivity index (χ3n) is 3.18. The van der Waals surface area contributed by atoms with E-state index < -0.39 is 0 Å². The SMILES string of the molecule is Nc1ccc2c(CCc3ccccc3)nccn12. The summed E-state index contributed by atoms with van der Waals surface area (Å²) in [6, 6.07) is 14.4. The van der Waals surface area contributed by atoms with Crippen molar-refractivity contribution in [1.82, 2.24) is 9.38 Å². The summed E-state index contributed by atoms with van der Waals surface area (Å²) in [5.74, 6) is 0.758. The van der Waals surface area contributed by atoms with E-state index in [0.29, 0.717) is 0 Å². The van der Waals surface area contributed by atoms with Crippen molar-refractivity contribution in [2.24, 2.45) is 0 Å². The Morgan fingerprint density at radius 3 is 2.67 bits per heavy atom. The summed E-state index contributed by atoms with van der Waals surface area (Å²) in [5.41, 5.74) is 9.42. The van der Waals surface area contributed by atoms with Crippen LogP contribution in [0.2, 0.25) is 0 Å². The molecule has 2 aromatic heterocycles. The predicted octanol–water partition coefficient (Wildman–Crippen LogP) is 2.70. The number of aryl methyl sites for hydroxylation is 2. The van der Waals surface area contributed by atoms with Crippen LogP contribution in [0, 0.1) is 0 Å². The number of nitrogens with zero attached hydrogens (tertiary/aromatic N) is 2. The van der Waals surface area contributed by atoms with Gasteiger partial charge in [0.1, 0.15) is 5.82 Å². The molecule has 2 heterocycles. The number of hydrogen-bond acceptors (Lipinski definition) is 2. The van der Waals surface area contributed by atoms with Crippen molar-refractivity contribution in [3.8, 4) is 0 Å². The maximum atomic E-state index is 5.89. The van der Waals surface area contributed by atoms with Crippen molar-refractivity contribution < 1.29 is 0 Å². The van der Waals surface area contributed by atoms with E-state index in [1.54, 1.807) is 0 Å². The van der Waals surface area contributed by atoms with E-state index >= 15 is 0 Å². The van der Waals surface area contributed by atoms with Crippen LogP contribution in [0.3, 0.4) is 0 Å². The molecule has 0 radical (unpaired) electrons. The van der Waals surface area contributed by atoms with Gasteiger partial charge < -0.3 is 10.1 Å². The number of aromatic nitrogens is 2. The molecule has 0 amide bonds. The molecule has 18 heavy (non-hydrogen) atoms. The molecule has 3 heteroatoms. The Hall–Kier alpha value is -2.29. The van der Waals surface area contributed by atoms with Crippen molar-refractivity contribution in [2.75, 3.05) is 5.73 Å². The average Bonchev–Trinajstić information content (AvgIpc) is 2.80. The minimum atomic E-state index is 0.758. The number of nitrogens with two attached hydrogens (primary N) is 1. The highest BCUT2D eigenvalue weighted by atomic mass is 15.0. The lowest BCUT2D eigenvalue weighted by Crippen LogP contribution is -1.99. The van der Waals surface area contributed by atoms with Gasteiger partial charge in [-0.15, -0.1) is 0 Å². The van der Waals surface area contributed by atoms with Crippen LogP contribution in [0.15, 0.2) is 54.9 Å². The quantitative estimate of drug-likeness (QED) is 0.761. The molecule has 0 aliphatic rings. The topological polar surface area (TPSA) is 43.3 Å². The second-order valence-corrected chi connectivity index (χ2v) is 4.37. The van der Waals surface area contributed by atoms with Crippen LogP contribution >= 0.6 is 0 Å². The Bertz CT molecular complexity index is 656. The molecular weight excluding hydrogens is 222 g/mol. The number of anilines is 1. The van der Waals surface area contributed by atoms with Crippen LogP contribution in [0.4, 0.5) is 5.82 Å². The lowest BCUT2D eigenvalue weighted by atomic mass is 10.1. The minimum absolute atomic E-state index is 0.758. The summed E-state index contributed by atoms with van der Waals surface area (Å²) < 4.78 is 1.98. The first-order valence-corrected chi connectivity index (χ1v) is 6.09. The van der Waals surface area contributed by atoms with Gasteiger partial charge in [0.15, 0.2) is 0 Å². The van der Waals surface area contributed by atoms with Crippen molar-refractivity contribution in [3.05, 3.63) is 66.1 Å². The predicted molar refractivity (Wildman–Crippen MR) is 73.5 cm³/mol. The molecule has 0 bridgehead atoms. The van der Waals surface area contributed by atoms with Crippen LogP contribution in [0.1, 0.15) is 11.3 Å². The van der Waals surface area contributed by atoms with E-state index in [1.807, 2.05) is 35.0 Å². The molecule has 3 aromatic rings. The molecule has 0 fully saturated rings. The average molecular weight is 237 g/mol. The summed E-state index contributed by atoms with van der Waals surface area (Å²) in [6.45, 7) is 0. The fourth-order valence-electron chi connectivity index (χ4n) is 2.22. The molecule has 1 aromatic carbocycles. The van der Waals surface area contributed by atoms with Gasteiger partial charge in [0, 0.05) is 12.4 Å². The second-order valence-electron chi connectivity index (χ2n) is 4.37. The third kappa shape index (κ3) is 1.95. The van der Waals surface area contributed by atoms with Gasteiger partial charge in [0.2, 0.25) is 0 Å². The van der Waals surface area contributed by atoms with E-state index in [4.69, 9.17) is 5.73 Å². The molecular formula is C15H15N3. The molecule has 90 valence electrons. The molecule has 3 rings (SSSR count). The molecule has 2 N–H and O–H groups in total. The molecule has 0 saturated carbocycles. The first-order valence-electron chi connectivity index (χ1n) is 6.09. The molecule has 0 atom stereocenters. The van der Waals surface area contributed by atoms with Crippen molar-refractivity contribution in [1.29, 1.82) is 0 Å². The van der Waals surface area contributed by atoms with E-state index in [9.17, 15) is 0 Å². The van der Waals surface area contributed by atoms with Gasteiger partial charge in [-0.05, 0) is 30.5 Å². The molecule has 0 spiro atoms. The maximum absolute atomic E-state index is 5.89. The van der Waals surface area contributed by atoms with Gasteiger partial charge in [-0.1, -0.05) is 30.3 Å². The Morgan fingerprint density at radius 2 is 1.83 bits per heavy atom. The van der Waals surface area contributed by atoms with Gasteiger partial charge in [0.05, 0.1) is 11.2 Å². The van der Waals surface area contributed by atoms with Gasteiger partial charge in [-0.25, -0.2) is 0 Å². The minimum Gasteiger partial charge on any atom is -0.385 e. The maximum Gasteiger partial charge on any atom is 0.107 e. The monoisotopic (exact) mass is 237 g/mol. The van der Waals surface area contributed by atoms with E-state index in [2.05, 4.69) is 29.2 Å². The zero-order valence-electron chi connectivity index (χ0n) is 10.1. The molecule has 0 aliphatic carbocycles. The first kappa shape index (κ1) is 10.8. The fourth-order valence-corrected chi connectivity index (χ4v) is 2.22. The number of fused-ring (bicyclic) bond motifs is 1. The molecule has 0 saturated heterocycles. The normalized spacial score (nSPS) is 10.9. The van der Waals surface area contributed by atoms with E-state index in [1.165, 1.54) is 5.56 Å². The zero-order chi connectivity index (χ0) is 12.4. The smallest absolute Gasteiger partial charge is 0.107 e. The molecule has 0 unspecified atom stereocenters. The van der Waals surface area contributed by atoms with Crippen molar-refractivity contribution in [2.45, 2.75) is 12.8 Å². The lowest BCUT2D eigenvalue weighted by Gasteiger charge is -2.05. The summed E-state index contributed by atoms with van der Waals surface area (Å²) >= 11 is 0. The number of nitrogen functional groups attached to an aromatic ring is 1. The number of hydrogen-bond donors (Lipinski definition) is 1. The van der Waals surface area contributed by atoms with Crippen LogP contribution in [0.25, 0.3) is 5.52 Å². The highest BCUT2D eigenvalue weighted by Crippen LogP contribution is 2.16. The fraction of sp³-hybridized carbons (Fsp3) is 0.133. The van der Waals surface area contributed by atoms with Gasteiger partial charge in [-0.2, -0.15) is 0 Å². The van der Waals surface area contributed by atoms with Gasteiger partial charge in [-0.3, -0.25) is 4.98 Å². The van der Waals surface area contributed by atoms with Crippen LogP contribution in [-0.2, 0) is 12.8 Å². The number of rotatable bonds is 3. The van der Waals surface area contributed by atoms with Crippen LogP contribution < -0.4 is 5.73 Å². The first-order chi connectivity index (χ1) is 8.84. The zero-order valence-corrected chi connectivity index (χ0v) is 10.1. The van der Waals surface area contributed by atoms with Crippen molar-refractivity contribution >= 4 is 11.3 Å². The highest BCUT2D eigenvalue weighted by molar-refractivity contribution is 5.59. The Labute approximate surface area is 106 Å². The Morgan fingerprint density at radius 1 is 1.00 bits per heavy atom. The van der Waals surface area contributed by atoms with E-state index in [0.717, 1.165) is 29.9 Å². The third-order valence-corrected chi connectivity index (χ3v) is 3.18.